The van der Waals surface area contributed by atoms with Crippen molar-refractivity contribution in [1.29, 1.82) is 0 Å². The Hall–Kier alpha value is -1.49. The Morgan fingerprint density at radius 1 is 0.800 bits per heavy atom. The van der Waals surface area contributed by atoms with Gasteiger partial charge < -0.3 is 4.74 Å². The van der Waals surface area contributed by atoms with Crippen LogP contribution in [0.3, 0.4) is 0 Å². The molecule has 0 spiro atoms. The van der Waals surface area contributed by atoms with E-state index in [9.17, 15) is 39.5 Å². The maximum atomic E-state index is 14.7. The summed E-state index contributed by atoms with van der Waals surface area (Å²) in [5, 5.41) is 0. The minimum atomic E-state index is -5.81. The van der Waals surface area contributed by atoms with Gasteiger partial charge in [0.1, 0.15) is 17.2 Å². The highest BCUT2D eigenvalue weighted by atomic mass is 19.4. The molecule has 2 fully saturated rings. The second-order valence-corrected chi connectivity index (χ2v) is 9.58. The van der Waals surface area contributed by atoms with E-state index in [1.807, 2.05) is 0 Å². The zero-order chi connectivity index (χ0) is 26.0. The summed E-state index contributed by atoms with van der Waals surface area (Å²) in [4.78, 5) is 0. The van der Waals surface area contributed by atoms with Crippen LogP contribution >= 0.6 is 0 Å². The summed E-state index contributed by atoms with van der Waals surface area (Å²) in [6.07, 6.45) is -10.0. The van der Waals surface area contributed by atoms with Gasteiger partial charge in [0.15, 0.2) is 0 Å². The van der Waals surface area contributed by atoms with Crippen molar-refractivity contribution in [3.05, 3.63) is 34.9 Å². The van der Waals surface area contributed by atoms with Crippen LogP contribution < -0.4 is 0 Å². The van der Waals surface area contributed by atoms with Crippen LogP contribution in [0.5, 0.6) is 0 Å². The molecule has 0 aliphatic heterocycles. The highest BCUT2D eigenvalue weighted by Gasteiger charge is 2.50. The first kappa shape index (κ1) is 28.1. The lowest BCUT2D eigenvalue weighted by molar-refractivity contribution is -0.432. The van der Waals surface area contributed by atoms with E-state index in [0.29, 0.717) is 30.9 Å². The van der Waals surface area contributed by atoms with E-state index in [4.69, 9.17) is 4.74 Å². The molecular formula is C24H29F9O2. The summed E-state index contributed by atoms with van der Waals surface area (Å²) in [5.74, 6) is -4.68. The molecule has 1 aromatic carbocycles. The molecule has 0 saturated heterocycles. The molecule has 0 N–H and O–H groups in total. The lowest BCUT2D eigenvalue weighted by atomic mass is 9.79. The summed E-state index contributed by atoms with van der Waals surface area (Å²) >= 11 is 0. The largest absolute Gasteiger partial charge is 0.527 e. The van der Waals surface area contributed by atoms with Crippen molar-refractivity contribution in [1.82, 2.24) is 0 Å². The highest BCUT2D eigenvalue weighted by molar-refractivity contribution is 5.31. The van der Waals surface area contributed by atoms with Crippen molar-refractivity contribution in [2.75, 3.05) is 0 Å². The number of ether oxygens (including phenoxy) is 2. The number of alkyl halides is 7. The van der Waals surface area contributed by atoms with Crippen molar-refractivity contribution in [2.24, 2.45) is 11.8 Å². The van der Waals surface area contributed by atoms with Gasteiger partial charge >= 0.3 is 18.6 Å². The van der Waals surface area contributed by atoms with E-state index in [-0.39, 0.29) is 31.2 Å². The van der Waals surface area contributed by atoms with Crippen molar-refractivity contribution < 1.29 is 49.0 Å². The Morgan fingerprint density at radius 2 is 1.34 bits per heavy atom. The van der Waals surface area contributed by atoms with Crippen molar-refractivity contribution >= 4 is 0 Å². The predicted molar refractivity (Wildman–Crippen MR) is 109 cm³/mol. The molecule has 1 aromatic rings. The zero-order valence-corrected chi connectivity index (χ0v) is 19.3. The number of rotatable bonds is 8. The lowest BCUT2D eigenvalue weighted by Crippen LogP contribution is -2.39. The van der Waals surface area contributed by atoms with Crippen molar-refractivity contribution in [3.63, 3.8) is 0 Å². The maximum absolute atomic E-state index is 14.7. The Balaban J connectivity index is 1.59. The fourth-order valence-corrected chi connectivity index (χ4v) is 5.33. The Labute approximate surface area is 198 Å². The van der Waals surface area contributed by atoms with Crippen LogP contribution in [0.15, 0.2) is 12.1 Å². The third kappa shape index (κ3) is 7.27. The SMILES string of the molecule is CCCC1CCC(C(F)(F)OC2CCC(c3cc(F)c(C(F)(F)OC(F)(F)F)c(F)c3)CC2)CC1. The smallest absolute Gasteiger partial charge is 0.317 e. The van der Waals surface area contributed by atoms with Crippen molar-refractivity contribution in [2.45, 2.75) is 102 Å². The topological polar surface area (TPSA) is 18.5 Å². The van der Waals surface area contributed by atoms with Gasteiger partial charge in [0.25, 0.3) is 0 Å². The minimum Gasteiger partial charge on any atom is -0.317 e. The van der Waals surface area contributed by atoms with E-state index in [1.54, 1.807) is 0 Å². The predicted octanol–water partition coefficient (Wildman–Crippen LogP) is 8.79. The molecule has 200 valence electrons. The zero-order valence-electron chi connectivity index (χ0n) is 19.3. The van der Waals surface area contributed by atoms with Crippen LogP contribution in [0.1, 0.15) is 88.2 Å². The quantitative estimate of drug-likeness (QED) is 0.319. The molecule has 35 heavy (non-hydrogen) atoms. The molecule has 2 aliphatic rings. The molecule has 11 heteroatoms. The third-order valence-electron chi connectivity index (χ3n) is 7.09. The van der Waals surface area contributed by atoms with Crippen LogP contribution in [-0.2, 0) is 15.6 Å². The van der Waals surface area contributed by atoms with Crippen LogP contribution in [-0.4, -0.2) is 18.6 Å². The fourth-order valence-electron chi connectivity index (χ4n) is 5.33. The Bertz CT molecular complexity index is 817. The van der Waals surface area contributed by atoms with E-state index in [1.165, 1.54) is 0 Å². The summed E-state index contributed by atoms with van der Waals surface area (Å²) < 4.78 is 129. The molecule has 0 unspecified atom stereocenters. The maximum Gasteiger partial charge on any atom is 0.527 e. The molecule has 3 rings (SSSR count). The average Bonchev–Trinajstić information content (AvgIpc) is 2.72. The van der Waals surface area contributed by atoms with Crippen LogP contribution in [0, 0.1) is 23.5 Å². The second kappa shape index (κ2) is 10.9. The number of benzene rings is 1. The molecule has 0 heterocycles. The second-order valence-electron chi connectivity index (χ2n) is 9.58. The van der Waals surface area contributed by atoms with Gasteiger partial charge in [-0.3, -0.25) is 0 Å². The average molecular weight is 520 g/mol. The van der Waals surface area contributed by atoms with Gasteiger partial charge in [0.2, 0.25) is 0 Å². The van der Waals surface area contributed by atoms with E-state index < -0.39 is 53.7 Å². The summed E-state index contributed by atoms with van der Waals surface area (Å²) in [7, 11) is 0. The lowest BCUT2D eigenvalue weighted by Gasteiger charge is -2.37. The first-order valence-corrected chi connectivity index (χ1v) is 11.9. The molecule has 2 nitrogen and oxygen atoms in total. The van der Waals surface area contributed by atoms with Gasteiger partial charge in [0, 0.05) is 0 Å². The Morgan fingerprint density at radius 3 is 1.83 bits per heavy atom. The van der Waals surface area contributed by atoms with Crippen LogP contribution in [0.2, 0.25) is 0 Å². The standard InChI is InChI=1S/C24H29F9O2/c1-2-3-14-4-8-17(9-5-14)22(27,28)34-18-10-6-15(7-11-18)16-12-19(25)21(20(26)13-16)23(29,30)35-24(31,32)33/h12-15,17-18H,2-11H2,1H3. The van der Waals surface area contributed by atoms with E-state index >= 15 is 0 Å². The monoisotopic (exact) mass is 520 g/mol. The highest BCUT2D eigenvalue weighted by Crippen LogP contribution is 2.45. The molecule has 0 radical (unpaired) electrons. The summed E-state index contributed by atoms with van der Waals surface area (Å²) in [6.45, 7) is 2.06. The third-order valence-corrected chi connectivity index (χ3v) is 7.09. The fraction of sp³-hybridized carbons (Fsp3) is 0.750. The van der Waals surface area contributed by atoms with Gasteiger partial charge in [-0.15, -0.1) is 13.2 Å². The van der Waals surface area contributed by atoms with E-state index in [0.717, 1.165) is 25.7 Å². The molecule has 0 amide bonds. The van der Waals surface area contributed by atoms with E-state index in [2.05, 4.69) is 11.7 Å². The first-order valence-electron chi connectivity index (χ1n) is 11.9. The van der Waals surface area contributed by atoms with Crippen LogP contribution in [0.4, 0.5) is 39.5 Å². The Kier molecular flexibility index (Phi) is 8.72. The summed E-state index contributed by atoms with van der Waals surface area (Å²) in [6, 6.07) is 1.09. The van der Waals surface area contributed by atoms with Gasteiger partial charge in [-0.2, -0.15) is 17.6 Å². The number of hydrogen-bond donors (Lipinski definition) is 0. The minimum absolute atomic E-state index is 0.0361. The van der Waals surface area contributed by atoms with Crippen molar-refractivity contribution in [3.8, 4) is 0 Å². The molecular weight excluding hydrogens is 491 g/mol. The molecule has 0 bridgehead atoms. The van der Waals surface area contributed by atoms with Gasteiger partial charge in [-0.1, -0.05) is 19.8 Å². The molecule has 2 aliphatic carbocycles. The molecule has 0 aromatic heterocycles. The van der Waals surface area contributed by atoms with Crippen LogP contribution in [0.25, 0.3) is 0 Å². The molecule has 0 atom stereocenters. The van der Waals surface area contributed by atoms with Gasteiger partial charge in [0.05, 0.1) is 12.0 Å². The summed E-state index contributed by atoms with van der Waals surface area (Å²) in [5.41, 5.74) is -2.17. The normalized spacial score (nSPS) is 26.7. The number of halogens is 9. The first-order chi connectivity index (χ1) is 16.2. The van der Waals surface area contributed by atoms with Gasteiger partial charge in [-0.25, -0.2) is 13.5 Å². The van der Waals surface area contributed by atoms with Gasteiger partial charge in [-0.05, 0) is 80.9 Å². The molecule has 2 saturated carbocycles. The number of hydrogen-bond acceptors (Lipinski definition) is 2.